The van der Waals surface area contributed by atoms with Crippen LogP contribution in [0.5, 0.6) is 0 Å². The van der Waals surface area contributed by atoms with E-state index in [1.165, 1.54) is 0 Å². The molecule has 0 aliphatic carbocycles. The number of nitrogens with one attached hydrogen (secondary N) is 2. The van der Waals surface area contributed by atoms with E-state index in [0.717, 1.165) is 30.2 Å². The van der Waals surface area contributed by atoms with Crippen molar-refractivity contribution in [2.45, 2.75) is 20.3 Å². The van der Waals surface area contributed by atoms with Gasteiger partial charge in [0.1, 0.15) is 5.82 Å². The summed E-state index contributed by atoms with van der Waals surface area (Å²) < 4.78 is 0. The van der Waals surface area contributed by atoms with Crippen molar-refractivity contribution < 1.29 is 4.79 Å². The Bertz CT molecular complexity index is 598. The second-order valence-corrected chi connectivity index (χ2v) is 4.74. The summed E-state index contributed by atoms with van der Waals surface area (Å²) in [5.74, 6) is 0.642. The molecule has 5 nitrogen and oxygen atoms in total. The lowest BCUT2D eigenvalue weighted by atomic mass is 10.2. The van der Waals surface area contributed by atoms with Crippen LogP contribution < -0.4 is 10.6 Å². The molecule has 1 amide bonds. The number of hydrogen-bond donors (Lipinski definition) is 2. The number of aromatic nitrogens is 2. The summed E-state index contributed by atoms with van der Waals surface area (Å²) in [7, 11) is 0. The van der Waals surface area contributed by atoms with Gasteiger partial charge in [0.05, 0.1) is 0 Å². The van der Waals surface area contributed by atoms with E-state index < -0.39 is 0 Å². The summed E-state index contributed by atoms with van der Waals surface area (Å²) in [6.45, 7) is 5.22. The summed E-state index contributed by atoms with van der Waals surface area (Å²) in [4.78, 5) is 20.7. The first-order chi connectivity index (χ1) is 10.2. The first-order valence-electron chi connectivity index (χ1n) is 7.09. The van der Waals surface area contributed by atoms with Crippen LogP contribution in [0.4, 0.5) is 5.82 Å². The molecule has 2 aromatic heterocycles. The lowest BCUT2D eigenvalue weighted by Crippen LogP contribution is -2.26. The van der Waals surface area contributed by atoms with E-state index in [1.807, 2.05) is 32.0 Å². The smallest absolute Gasteiger partial charge is 0.251 e. The number of anilines is 1. The molecule has 0 spiro atoms. The van der Waals surface area contributed by atoms with Crippen LogP contribution in [0, 0.1) is 6.92 Å². The summed E-state index contributed by atoms with van der Waals surface area (Å²) >= 11 is 0. The van der Waals surface area contributed by atoms with E-state index in [1.54, 1.807) is 18.3 Å². The average molecular weight is 284 g/mol. The van der Waals surface area contributed by atoms with Crippen molar-refractivity contribution in [1.82, 2.24) is 15.3 Å². The van der Waals surface area contributed by atoms with Crippen LogP contribution in [0.3, 0.4) is 0 Å². The standard InChI is InChI=1S/C16H20N4O/c1-3-17-15-11-13(10-12(2)20-15)16(21)19-9-7-14-6-4-5-8-18-14/h4-6,8,10-11H,3,7,9H2,1-2H3,(H,17,20)(H,19,21). The fraction of sp³-hybridized carbons (Fsp3) is 0.312. The van der Waals surface area contributed by atoms with Gasteiger partial charge < -0.3 is 10.6 Å². The molecule has 0 radical (unpaired) electrons. The summed E-state index contributed by atoms with van der Waals surface area (Å²) in [6, 6.07) is 9.33. The third-order valence-electron chi connectivity index (χ3n) is 2.97. The average Bonchev–Trinajstić information content (AvgIpc) is 2.48. The molecule has 2 aromatic rings. The maximum absolute atomic E-state index is 12.2. The van der Waals surface area contributed by atoms with Gasteiger partial charge in [-0.1, -0.05) is 6.07 Å². The molecule has 5 heteroatoms. The largest absolute Gasteiger partial charge is 0.370 e. The Morgan fingerprint density at radius 1 is 1.29 bits per heavy atom. The van der Waals surface area contributed by atoms with Crippen LogP contribution in [0.25, 0.3) is 0 Å². The monoisotopic (exact) mass is 284 g/mol. The number of aryl methyl sites for hydroxylation is 1. The normalized spacial score (nSPS) is 10.2. The molecule has 0 saturated heterocycles. The minimum absolute atomic E-state index is 0.0874. The van der Waals surface area contributed by atoms with E-state index in [4.69, 9.17) is 0 Å². The van der Waals surface area contributed by atoms with E-state index in [9.17, 15) is 4.79 Å². The number of amides is 1. The van der Waals surface area contributed by atoms with E-state index >= 15 is 0 Å². The Morgan fingerprint density at radius 2 is 2.14 bits per heavy atom. The molecule has 0 aliphatic rings. The van der Waals surface area contributed by atoms with Gasteiger partial charge in [-0.05, 0) is 38.1 Å². The van der Waals surface area contributed by atoms with Crippen molar-refractivity contribution in [1.29, 1.82) is 0 Å². The highest BCUT2D eigenvalue weighted by molar-refractivity contribution is 5.95. The number of hydrogen-bond acceptors (Lipinski definition) is 4. The number of pyridine rings is 2. The van der Waals surface area contributed by atoms with Gasteiger partial charge in [-0.3, -0.25) is 9.78 Å². The second kappa shape index (κ2) is 7.38. The predicted octanol–water partition coefficient (Wildman–Crippen LogP) is 2.19. The SMILES string of the molecule is CCNc1cc(C(=O)NCCc2ccccn2)cc(C)n1. The molecule has 2 rings (SSSR count). The second-order valence-electron chi connectivity index (χ2n) is 4.74. The molecule has 2 N–H and O–H groups in total. The first kappa shape index (κ1) is 15.0. The minimum Gasteiger partial charge on any atom is -0.370 e. The maximum atomic E-state index is 12.2. The molecule has 21 heavy (non-hydrogen) atoms. The topological polar surface area (TPSA) is 66.9 Å². The van der Waals surface area contributed by atoms with Gasteiger partial charge in [0, 0.05) is 42.7 Å². The third-order valence-corrected chi connectivity index (χ3v) is 2.97. The van der Waals surface area contributed by atoms with Gasteiger partial charge in [-0.25, -0.2) is 4.98 Å². The van der Waals surface area contributed by atoms with Crippen molar-refractivity contribution >= 4 is 11.7 Å². The highest BCUT2D eigenvalue weighted by Gasteiger charge is 2.08. The summed E-state index contributed by atoms with van der Waals surface area (Å²) in [5, 5.41) is 6.03. The fourth-order valence-electron chi connectivity index (χ4n) is 2.02. The Morgan fingerprint density at radius 3 is 2.86 bits per heavy atom. The Kier molecular flexibility index (Phi) is 5.26. The van der Waals surface area contributed by atoms with E-state index in [2.05, 4.69) is 20.6 Å². The van der Waals surface area contributed by atoms with Crippen LogP contribution in [0.2, 0.25) is 0 Å². The van der Waals surface area contributed by atoms with Gasteiger partial charge in [-0.15, -0.1) is 0 Å². The highest BCUT2D eigenvalue weighted by Crippen LogP contribution is 2.10. The lowest BCUT2D eigenvalue weighted by Gasteiger charge is -2.08. The predicted molar refractivity (Wildman–Crippen MR) is 83.4 cm³/mol. The zero-order valence-electron chi connectivity index (χ0n) is 12.4. The van der Waals surface area contributed by atoms with Crippen molar-refractivity contribution in [2.75, 3.05) is 18.4 Å². The number of carbonyl (C=O) groups is 1. The Labute approximate surface area is 124 Å². The fourth-order valence-corrected chi connectivity index (χ4v) is 2.02. The molecule has 0 unspecified atom stereocenters. The molecule has 0 bridgehead atoms. The zero-order chi connectivity index (χ0) is 15.1. The minimum atomic E-state index is -0.0874. The van der Waals surface area contributed by atoms with Crippen LogP contribution in [0.1, 0.15) is 28.7 Å². The van der Waals surface area contributed by atoms with Crippen molar-refractivity contribution in [3.05, 3.63) is 53.5 Å². The lowest BCUT2D eigenvalue weighted by molar-refractivity contribution is 0.0954. The Hall–Kier alpha value is -2.43. The number of nitrogens with zero attached hydrogens (tertiary/aromatic N) is 2. The van der Waals surface area contributed by atoms with Crippen molar-refractivity contribution in [3.8, 4) is 0 Å². The van der Waals surface area contributed by atoms with Gasteiger partial charge in [0.25, 0.3) is 5.91 Å². The molecule has 0 fully saturated rings. The van der Waals surface area contributed by atoms with Crippen LogP contribution in [-0.2, 0) is 6.42 Å². The van der Waals surface area contributed by atoms with Gasteiger partial charge in [-0.2, -0.15) is 0 Å². The van der Waals surface area contributed by atoms with Crippen LogP contribution in [-0.4, -0.2) is 29.0 Å². The van der Waals surface area contributed by atoms with E-state index in [0.29, 0.717) is 12.1 Å². The highest BCUT2D eigenvalue weighted by atomic mass is 16.1. The third kappa shape index (κ3) is 4.56. The van der Waals surface area contributed by atoms with E-state index in [-0.39, 0.29) is 5.91 Å². The quantitative estimate of drug-likeness (QED) is 0.853. The number of rotatable bonds is 6. The number of carbonyl (C=O) groups excluding carboxylic acids is 1. The first-order valence-corrected chi connectivity index (χ1v) is 7.09. The van der Waals surface area contributed by atoms with Gasteiger partial charge in [0.15, 0.2) is 0 Å². The maximum Gasteiger partial charge on any atom is 0.251 e. The van der Waals surface area contributed by atoms with Crippen molar-refractivity contribution in [3.63, 3.8) is 0 Å². The van der Waals surface area contributed by atoms with Crippen LogP contribution in [0.15, 0.2) is 36.5 Å². The van der Waals surface area contributed by atoms with Crippen molar-refractivity contribution in [2.24, 2.45) is 0 Å². The summed E-state index contributed by atoms with van der Waals surface area (Å²) in [6.07, 6.45) is 2.47. The molecule has 2 heterocycles. The zero-order valence-corrected chi connectivity index (χ0v) is 12.4. The molecule has 0 aliphatic heterocycles. The van der Waals surface area contributed by atoms with Gasteiger partial charge in [0.2, 0.25) is 0 Å². The van der Waals surface area contributed by atoms with Gasteiger partial charge >= 0.3 is 0 Å². The molecule has 0 aromatic carbocycles. The molecular formula is C16H20N4O. The summed E-state index contributed by atoms with van der Waals surface area (Å²) in [5.41, 5.74) is 2.42. The molecule has 0 saturated carbocycles. The Balaban J connectivity index is 1.94. The molecule has 0 atom stereocenters. The molecule has 110 valence electrons. The molecular weight excluding hydrogens is 264 g/mol. The van der Waals surface area contributed by atoms with Crippen LogP contribution >= 0.6 is 0 Å².